The van der Waals surface area contributed by atoms with Gasteiger partial charge in [0.1, 0.15) is 0 Å². The van der Waals surface area contributed by atoms with E-state index in [4.69, 9.17) is 9.97 Å². The molecule has 0 saturated heterocycles. The SMILES string of the molecule is CCCCN1C=CC=C(c2c3nc(c(C4=CC=CN(CCCC)C4)c4ccc([nH]4)c(C4=CC=CN(CCCC)C4)c4nc(c(C5=CC=CN(CCCC)C5)c5ccc2[nH]5)C=C4)C=C3)C1. The van der Waals surface area contributed by atoms with Crippen molar-refractivity contribution in [2.75, 3.05) is 52.4 Å². The Bertz CT molecular complexity index is 2340. The van der Waals surface area contributed by atoms with Gasteiger partial charge in [0.25, 0.3) is 0 Å². The minimum atomic E-state index is 0.827. The number of nitrogens with zero attached hydrogens (tertiary/aromatic N) is 6. The highest BCUT2D eigenvalue weighted by Crippen LogP contribution is 2.37. The summed E-state index contributed by atoms with van der Waals surface area (Å²) in [5, 5.41) is 0. The van der Waals surface area contributed by atoms with E-state index in [1.807, 2.05) is 0 Å². The van der Waals surface area contributed by atoms with Crippen LogP contribution in [0.1, 0.15) is 124 Å². The molecule has 0 fully saturated rings. The summed E-state index contributed by atoms with van der Waals surface area (Å²) >= 11 is 0. The van der Waals surface area contributed by atoms with Gasteiger partial charge in [-0.1, -0.05) is 77.7 Å². The van der Waals surface area contributed by atoms with E-state index in [9.17, 15) is 0 Å². The Balaban J connectivity index is 1.33. The van der Waals surface area contributed by atoms with Crippen molar-refractivity contribution >= 4 is 68.7 Å². The van der Waals surface area contributed by atoms with Crippen LogP contribution in [-0.4, -0.2) is 91.9 Å². The number of nitrogens with one attached hydrogen (secondary N) is 2. The predicted octanol–water partition coefficient (Wildman–Crippen LogP) is 12.7. The van der Waals surface area contributed by atoms with E-state index in [-0.39, 0.29) is 0 Å². The zero-order valence-electron chi connectivity index (χ0n) is 38.5. The summed E-state index contributed by atoms with van der Waals surface area (Å²) in [5.74, 6) is 0. The Morgan fingerprint density at radius 3 is 0.875 bits per heavy atom. The quantitative estimate of drug-likeness (QED) is 0.103. The van der Waals surface area contributed by atoms with E-state index in [0.717, 1.165) is 171 Å². The number of allylic oxidation sites excluding steroid dienone is 8. The van der Waals surface area contributed by atoms with Gasteiger partial charge in [-0.05, 0) is 146 Å². The van der Waals surface area contributed by atoms with Gasteiger partial charge in [0, 0.05) is 96.7 Å². The first-order chi connectivity index (χ1) is 31.5. The number of hydrogen-bond acceptors (Lipinski definition) is 6. The normalized spacial score (nSPS) is 16.8. The number of aromatic amines is 2. The zero-order chi connectivity index (χ0) is 43.8. The third-order valence-corrected chi connectivity index (χ3v) is 13.1. The summed E-state index contributed by atoms with van der Waals surface area (Å²) in [4.78, 5) is 29.1. The molecule has 0 spiro atoms. The summed E-state index contributed by atoms with van der Waals surface area (Å²) < 4.78 is 0. The van der Waals surface area contributed by atoms with Crippen molar-refractivity contribution in [1.82, 2.24) is 39.5 Å². The maximum Gasteiger partial charge on any atom is 0.0734 e. The van der Waals surface area contributed by atoms with Crippen LogP contribution >= 0.6 is 0 Å². The predicted molar refractivity (Wildman–Crippen MR) is 273 cm³/mol. The van der Waals surface area contributed by atoms with Gasteiger partial charge in [-0.15, -0.1) is 0 Å². The van der Waals surface area contributed by atoms with Gasteiger partial charge in [-0.25, -0.2) is 9.97 Å². The fraction of sp³-hybridized carbons (Fsp3) is 0.357. The molecule has 3 aromatic heterocycles. The maximum absolute atomic E-state index is 5.64. The van der Waals surface area contributed by atoms with Gasteiger partial charge in [-0.3, -0.25) is 0 Å². The number of aromatic nitrogens is 4. The second-order valence-corrected chi connectivity index (χ2v) is 17.9. The largest absolute Gasteiger partial charge is 0.373 e. The second kappa shape index (κ2) is 20.0. The summed E-state index contributed by atoms with van der Waals surface area (Å²) in [6, 6.07) is 9.09. The lowest BCUT2D eigenvalue weighted by molar-refractivity contribution is 0.406. The molecule has 0 aliphatic carbocycles. The van der Waals surface area contributed by atoms with Crippen molar-refractivity contribution in [3.8, 4) is 0 Å². The fourth-order valence-corrected chi connectivity index (χ4v) is 9.69. The maximum atomic E-state index is 5.64. The van der Waals surface area contributed by atoms with Gasteiger partial charge in [0.05, 0.1) is 22.8 Å². The van der Waals surface area contributed by atoms with Gasteiger partial charge >= 0.3 is 0 Å². The molecular weight excluding hydrogens is 785 g/mol. The monoisotopic (exact) mass is 851 g/mol. The van der Waals surface area contributed by atoms with E-state index in [1.54, 1.807) is 0 Å². The minimum Gasteiger partial charge on any atom is -0.373 e. The van der Waals surface area contributed by atoms with Crippen LogP contribution < -0.4 is 0 Å². The van der Waals surface area contributed by atoms with E-state index < -0.39 is 0 Å². The molecule has 2 N–H and O–H groups in total. The minimum absolute atomic E-state index is 0.827. The molecule has 0 aromatic carbocycles. The Morgan fingerprint density at radius 2 is 0.641 bits per heavy atom. The number of rotatable bonds is 16. The van der Waals surface area contributed by atoms with Crippen LogP contribution in [0.4, 0.5) is 0 Å². The lowest BCUT2D eigenvalue weighted by atomic mass is 10.0. The Hall–Kier alpha value is -6.28. The van der Waals surface area contributed by atoms with Gasteiger partial charge in [0.15, 0.2) is 0 Å². The molecule has 6 aliphatic heterocycles. The van der Waals surface area contributed by atoms with Crippen LogP contribution in [0.5, 0.6) is 0 Å². The fourth-order valence-electron chi connectivity index (χ4n) is 9.69. The van der Waals surface area contributed by atoms with Crippen LogP contribution in [0.25, 0.3) is 68.7 Å². The van der Waals surface area contributed by atoms with E-state index in [1.165, 1.54) is 22.3 Å². The average molecular weight is 851 g/mol. The van der Waals surface area contributed by atoms with Crippen LogP contribution in [-0.2, 0) is 0 Å². The number of H-pyrrole nitrogens is 2. The molecule has 64 heavy (non-hydrogen) atoms. The van der Waals surface area contributed by atoms with Crippen LogP contribution in [0, 0.1) is 0 Å². The van der Waals surface area contributed by atoms with Crippen molar-refractivity contribution < 1.29 is 0 Å². The molecular formula is C56H66N8. The third-order valence-electron chi connectivity index (χ3n) is 13.1. The van der Waals surface area contributed by atoms with Crippen molar-refractivity contribution in [1.29, 1.82) is 0 Å². The van der Waals surface area contributed by atoms with Crippen LogP contribution in [0.3, 0.4) is 0 Å². The molecule has 8 bridgehead atoms. The number of unbranched alkanes of at least 4 members (excludes halogenated alkanes) is 4. The Labute approximate surface area is 380 Å². The summed E-state index contributed by atoms with van der Waals surface area (Å²) in [6.45, 7) is 16.5. The first kappa shape index (κ1) is 43.0. The van der Waals surface area contributed by atoms with Crippen LogP contribution in [0.15, 0.2) is 97.7 Å². The highest BCUT2D eigenvalue weighted by atomic mass is 15.1. The molecule has 0 radical (unpaired) electrons. The van der Waals surface area contributed by atoms with E-state index in [2.05, 4.69) is 179 Å². The topological polar surface area (TPSA) is 70.3 Å². The molecule has 0 atom stereocenters. The number of hydrogen-bond donors (Lipinski definition) is 2. The third kappa shape index (κ3) is 9.33. The second-order valence-electron chi connectivity index (χ2n) is 17.9. The molecule has 3 aromatic rings. The zero-order valence-corrected chi connectivity index (χ0v) is 38.5. The molecule has 9 heterocycles. The van der Waals surface area contributed by atoms with E-state index in [0.29, 0.717) is 0 Å². The molecule has 9 rings (SSSR count). The summed E-state index contributed by atoms with van der Waals surface area (Å²) in [7, 11) is 0. The van der Waals surface area contributed by atoms with Crippen LogP contribution in [0.2, 0.25) is 0 Å². The highest BCUT2D eigenvalue weighted by Gasteiger charge is 2.24. The van der Waals surface area contributed by atoms with Gasteiger partial charge in [0.2, 0.25) is 0 Å². The lowest BCUT2D eigenvalue weighted by Gasteiger charge is -2.25. The van der Waals surface area contributed by atoms with Crippen molar-refractivity contribution in [3.63, 3.8) is 0 Å². The Morgan fingerprint density at radius 1 is 0.391 bits per heavy atom. The van der Waals surface area contributed by atoms with Crippen molar-refractivity contribution in [3.05, 3.63) is 143 Å². The van der Waals surface area contributed by atoms with Gasteiger partial charge in [-0.2, -0.15) is 0 Å². The first-order valence-corrected chi connectivity index (χ1v) is 24.2. The molecule has 330 valence electrons. The van der Waals surface area contributed by atoms with Crippen molar-refractivity contribution in [2.24, 2.45) is 0 Å². The van der Waals surface area contributed by atoms with Gasteiger partial charge < -0.3 is 29.6 Å². The smallest absolute Gasteiger partial charge is 0.0734 e. The van der Waals surface area contributed by atoms with Crippen molar-refractivity contribution in [2.45, 2.75) is 79.1 Å². The lowest BCUT2D eigenvalue weighted by Crippen LogP contribution is -2.23. The average Bonchev–Trinajstić information content (AvgIpc) is 4.18. The molecule has 6 aliphatic rings. The molecule has 8 nitrogen and oxygen atoms in total. The first-order valence-electron chi connectivity index (χ1n) is 24.2. The summed E-state index contributed by atoms with van der Waals surface area (Å²) in [5.41, 5.74) is 17.8. The highest BCUT2D eigenvalue weighted by molar-refractivity contribution is 5.97. The standard InChI is InChI=1S/C56H66N8/c1-5-9-29-61-33-13-17-41(37-61)53-45-21-23-47(57-45)54(42-18-14-34-62(38-42)30-10-6-2)49-25-27-51(59-49)56(44-20-16-36-64(40-44)32-12-8-4)52-28-26-50(60-52)55(48-24-22-46(53)58-48)43-19-15-35-63(39-43)31-11-7-3/h13-28,33-36,57,60H,5-12,29-32,37-40H2,1-4H3. The Kier molecular flexibility index (Phi) is 13.5. The molecule has 0 amide bonds. The van der Waals surface area contributed by atoms with E-state index >= 15 is 0 Å². The molecule has 0 saturated carbocycles. The molecule has 8 heteroatoms. The molecule has 0 unspecified atom stereocenters. The summed E-state index contributed by atoms with van der Waals surface area (Å²) in [6.07, 6.45) is 45.2. The number of fused-ring (bicyclic) bond motifs is 8.